The fraction of sp³-hybridized carbons (Fsp3) is 0.682. The first-order chi connectivity index (χ1) is 14.0. The van der Waals surface area contributed by atoms with Gasteiger partial charge in [-0.25, -0.2) is 4.79 Å². The Morgan fingerprint density at radius 3 is 2.41 bits per heavy atom. The lowest BCUT2D eigenvalue weighted by atomic mass is 9.81. The molecule has 0 saturated heterocycles. The molecule has 0 bridgehead atoms. The number of nitrogens with zero attached hydrogens (tertiary/aromatic N) is 1. The summed E-state index contributed by atoms with van der Waals surface area (Å²) in [5.74, 6) is -1.59. The SMILES string of the molecule is COCCn1c2c(cc(C(=O)NC3(C(=O)O)CCCCC3)c1=O)CCCCCC2. The van der Waals surface area contributed by atoms with E-state index < -0.39 is 17.4 Å². The summed E-state index contributed by atoms with van der Waals surface area (Å²) in [6.45, 7) is 0.777. The number of pyridine rings is 1. The normalized spacial score (nSPS) is 18.9. The van der Waals surface area contributed by atoms with E-state index in [2.05, 4.69) is 5.32 Å². The second-order valence-corrected chi connectivity index (χ2v) is 8.30. The average molecular weight is 405 g/mol. The Hall–Kier alpha value is -2.15. The molecule has 1 fully saturated rings. The number of fused-ring (bicyclic) bond motifs is 1. The van der Waals surface area contributed by atoms with Crippen molar-refractivity contribution in [2.75, 3.05) is 13.7 Å². The van der Waals surface area contributed by atoms with Crippen molar-refractivity contribution in [1.29, 1.82) is 0 Å². The lowest BCUT2D eigenvalue weighted by Gasteiger charge is -2.34. The molecule has 1 saturated carbocycles. The van der Waals surface area contributed by atoms with Crippen LogP contribution in [0.4, 0.5) is 0 Å². The highest BCUT2D eigenvalue weighted by molar-refractivity contribution is 5.97. The number of hydrogen-bond acceptors (Lipinski definition) is 4. The molecule has 160 valence electrons. The van der Waals surface area contributed by atoms with Crippen molar-refractivity contribution < 1.29 is 19.4 Å². The largest absolute Gasteiger partial charge is 0.480 e. The van der Waals surface area contributed by atoms with Crippen LogP contribution in [0.25, 0.3) is 0 Å². The Bertz CT molecular complexity index is 808. The van der Waals surface area contributed by atoms with Crippen LogP contribution in [0.5, 0.6) is 0 Å². The van der Waals surface area contributed by atoms with Gasteiger partial charge < -0.3 is 19.7 Å². The highest BCUT2D eigenvalue weighted by Gasteiger charge is 2.41. The van der Waals surface area contributed by atoms with Crippen LogP contribution < -0.4 is 10.9 Å². The maximum Gasteiger partial charge on any atom is 0.329 e. The minimum absolute atomic E-state index is 0.0478. The molecule has 0 aromatic carbocycles. The zero-order valence-corrected chi connectivity index (χ0v) is 17.3. The minimum atomic E-state index is -1.27. The number of hydrogen-bond donors (Lipinski definition) is 2. The number of ether oxygens (including phenoxy) is 1. The van der Waals surface area contributed by atoms with Gasteiger partial charge >= 0.3 is 5.97 Å². The topological polar surface area (TPSA) is 97.6 Å². The first kappa shape index (κ1) is 21.6. The third kappa shape index (κ3) is 4.71. The Balaban J connectivity index is 1.99. The fourth-order valence-corrected chi connectivity index (χ4v) is 4.65. The summed E-state index contributed by atoms with van der Waals surface area (Å²) < 4.78 is 6.85. The van der Waals surface area contributed by atoms with Crippen LogP contribution in [0.15, 0.2) is 10.9 Å². The number of carboxylic acids is 1. The molecular weight excluding hydrogens is 372 g/mol. The molecule has 0 aliphatic heterocycles. The summed E-state index contributed by atoms with van der Waals surface area (Å²) in [7, 11) is 1.59. The first-order valence-corrected chi connectivity index (χ1v) is 10.8. The van der Waals surface area contributed by atoms with Crippen molar-refractivity contribution in [3.05, 3.63) is 33.2 Å². The van der Waals surface area contributed by atoms with E-state index >= 15 is 0 Å². The van der Waals surface area contributed by atoms with Crippen molar-refractivity contribution >= 4 is 11.9 Å². The number of carboxylic acid groups (broad SMARTS) is 1. The van der Waals surface area contributed by atoms with Crippen molar-refractivity contribution in [2.24, 2.45) is 0 Å². The first-order valence-electron chi connectivity index (χ1n) is 10.8. The summed E-state index contributed by atoms with van der Waals surface area (Å²) in [5.41, 5.74) is 0.443. The molecule has 29 heavy (non-hydrogen) atoms. The van der Waals surface area contributed by atoms with Gasteiger partial charge in [0.25, 0.3) is 11.5 Å². The summed E-state index contributed by atoms with van der Waals surface area (Å²) >= 11 is 0. The number of carbonyl (C=O) groups is 2. The Labute approximate surface area is 171 Å². The number of nitrogens with one attached hydrogen (secondary N) is 1. The summed E-state index contributed by atoms with van der Waals surface area (Å²) in [6.07, 6.45) is 9.25. The van der Waals surface area contributed by atoms with Gasteiger partial charge in [-0.05, 0) is 50.2 Å². The molecule has 0 unspecified atom stereocenters. The van der Waals surface area contributed by atoms with E-state index in [-0.39, 0.29) is 11.1 Å². The number of methoxy groups -OCH3 is 1. The van der Waals surface area contributed by atoms with Gasteiger partial charge in [0.1, 0.15) is 11.1 Å². The molecule has 7 nitrogen and oxygen atoms in total. The highest BCUT2D eigenvalue weighted by Crippen LogP contribution is 2.29. The molecule has 2 aliphatic rings. The molecule has 1 aromatic rings. The van der Waals surface area contributed by atoms with Crippen molar-refractivity contribution in [1.82, 2.24) is 9.88 Å². The lowest BCUT2D eigenvalue weighted by molar-refractivity contribution is -0.145. The molecular formula is C22H32N2O5. The van der Waals surface area contributed by atoms with Crippen LogP contribution in [0.3, 0.4) is 0 Å². The lowest BCUT2D eigenvalue weighted by Crippen LogP contribution is -2.56. The van der Waals surface area contributed by atoms with Gasteiger partial charge in [0.05, 0.1) is 6.61 Å². The third-order valence-electron chi connectivity index (χ3n) is 6.33. The maximum atomic E-state index is 13.2. The molecule has 2 N–H and O–H groups in total. The van der Waals surface area contributed by atoms with Gasteiger partial charge in [0.2, 0.25) is 0 Å². The van der Waals surface area contributed by atoms with Gasteiger partial charge in [0, 0.05) is 19.3 Å². The Kier molecular flexibility index (Phi) is 7.11. The zero-order chi connectivity index (χ0) is 20.9. The van der Waals surface area contributed by atoms with Crippen molar-refractivity contribution in [3.63, 3.8) is 0 Å². The molecule has 7 heteroatoms. The maximum absolute atomic E-state index is 13.2. The van der Waals surface area contributed by atoms with Crippen LogP contribution in [-0.2, 0) is 28.9 Å². The Morgan fingerprint density at radius 1 is 1.10 bits per heavy atom. The van der Waals surface area contributed by atoms with Gasteiger partial charge in [0.15, 0.2) is 0 Å². The monoisotopic (exact) mass is 404 g/mol. The standard InChI is InChI=1S/C22H32N2O5/c1-29-14-13-24-18-10-6-3-2-5-9-16(18)15-17(20(24)26)19(25)23-22(21(27)28)11-7-4-8-12-22/h15H,2-14H2,1H3,(H,23,25)(H,27,28). The number of carbonyl (C=O) groups excluding carboxylic acids is 1. The average Bonchev–Trinajstić information content (AvgIpc) is 2.68. The minimum Gasteiger partial charge on any atom is -0.480 e. The second kappa shape index (κ2) is 9.57. The van der Waals surface area contributed by atoms with Gasteiger partial charge in [-0.1, -0.05) is 32.1 Å². The third-order valence-corrected chi connectivity index (χ3v) is 6.33. The van der Waals surface area contributed by atoms with Crippen LogP contribution in [0.2, 0.25) is 0 Å². The van der Waals surface area contributed by atoms with Crippen LogP contribution in [0.1, 0.15) is 79.4 Å². The van der Waals surface area contributed by atoms with Crippen molar-refractivity contribution in [2.45, 2.75) is 82.7 Å². The van der Waals surface area contributed by atoms with Crippen LogP contribution >= 0.6 is 0 Å². The summed E-state index contributed by atoms with van der Waals surface area (Å²) in [5, 5.41) is 12.5. The van der Waals surface area contributed by atoms with Gasteiger partial charge in [-0.2, -0.15) is 0 Å². The summed E-state index contributed by atoms with van der Waals surface area (Å²) in [6, 6.07) is 1.71. The summed E-state index contributed by atoms with van der Waals surface area (Å²) in [4.78, 5) is 38.2. The van der Waals surface area contributed by atoms with E-state index in [0.29, 0.717) is 26.0 Å². The molecule has 0 radical (unpaired) electrons. The molecule has 3 rings (SSSR count). The molecule has 2 aliphatic carbocycles. The molecule has 0 atom stereocenters. The smallest absolute Gasteiger partial charge is 0.329 e. The highest BCUT2D eigenvalue weighted by atomic mass is 16.5. The fourth-order valence-electron chi connectivity index (χ4n) is 4.65. The van der Waals surface area contributed by atoms with Crippen LogP contribution in [-0.4, -0.2) is 40.8 Å². The van der Waals surface area contributed by atoms with E-state index in [1.54, 1.807) is 17.7 Å². The zero-order valence-electron chi connectivity index (χ0n) is 17.3. The number of aryl methyl sites for hydroxylation is 1. The van der Waals surface area contributed by atoms with E-state index in [1.165, 1.54) is 0 Å². The number of aromatic nitrogens is 1. The predicted molar refractivity (Wildman–Crippen MR) is 109 cm³/mol. The molecule has 1 aromatic heterocycles. The Morgan fingerprint density at radius 2 is 1.76 bits per heavy atom. The quantitative estimate of drug-likeness (QED) is 0.760. The van der Waals surface area contributed by atoms with E-state index in [9.17, 15) is 19.5 Å². The molecule has 1 amide bonds. The van der Waals surface area contributed by atoms with E-state index in [4.69, 9.17) is 4.74 Å². The van der Waals surface area contributed by atoms with Crippen LogP contribution in [0, 0.1) is 0 Å². The van der Waals surface area contributed by atoms with E-state index in [1.807, 2.05) is 0 Å². The predicted octanol–water partition coefficient (Wildman–Crippen LogP) is 2.67. The number of aliphatic carboxylic acids is 1. The number of rotatable bonds is 6. The molecule has 1 heterocycles. The van der Waals surface area contributed by atoms with Gasteiger partial charge in [-0.15, -0.1) is 0 Å². The van der Waals surface area contributed by atoms with E-state index in [0.717, 1.165) is 69.0 Å². The van der Waals surface area contributed by atoms with Crippen molar-refractivity contribution in [3.8, 4) is 0 Å². The van der Waals surface area contributed by atoms with Gasteiger partial charge in [-0.3, -0.25) is 9.59 Å². The number of amides is 1. The second-order valence-electron chi connectivity index (χ2n) is 8.30. The molecule has 0 spiro atoms.